The van der Waals surface area contributed by atoms with Gasteiger partial charge in [-0.15, -0.1) is 0 Å². The van der Waals surface area contributed by atoms with Crippen molar-refractivity contribution in [3.8, 4) is 0 Å². The summed E-state index contributed by atoms with van der Waals surface area (Å²) in [4.78, 5) is 27.6. The maximum atomic E-state index is 11.4. The van der Waals surface area contributed by atoms with E-state index in [-0.39, 0.29) is 11.7 Å². The Kier molecular flexibility index (Phi) is 4.69. The van der Waals surface area contributed by atoms with Gasteiger partial charge in [-0.25, -0.2) is 9.78 Å². The van der Waals surface area contributed by atoms with E-state index < -0.39 is 11.0 Å². The number of rotatable bonds is 3. The largest absolute Gasteiger partial charge is 0.465 e. The lowest BCUT2D eigenvalue weighted by Crippen LogP contribution is -2.44. The number of hydrogen-bond donors (Lipinski definition) is 2. The van der Waals surface area contributed by atoms with E-state index in [4.69, 9.17) is 5.11 Å². The quantitative estimate of drug-likeness (QED) is 0.429. The van der Waals surface area contributed by atoms with Gasteiger partial charge in [0.2, 0.25) is 0 Å². The number of carbonyl (C=O) groups is 1. The molecule has 126 valence electrons. The van der Waals surface area contributed by atoms with Gasteiger partial charge in [0, 0.05) is 28.1 Å². The SMILES string of the molecule is O=C(O)N1CCC[C@H](Nc2c([N+](=O)[O-])cnc3ccc(I)cc23)C1. The second-order valence-corrected chi connectivity index (χ2v) is 6.89. The van der Waals surface area contributed by atoms with E-state index in [9.17, 15) is 14.9 Å². The molecule has 0 saturated carbocycles. The Bertz CT molecular complexity index is 813. The Morgan fingerprint density at radius 3 is 3.00 bits per heavy atom. The van der Waals surface area contributed by atoms with E-state index >= 15 is 0 Å². The first-order valence-electron chi connectivity index (χ1n) is 7.43. The number of piperidine rings is 1. The van der Waals surface area contributed by atoms with Crippen molar-refractivity contribution in [1.29, 1.82) is 0 Å². The number of nitrogens with zero attached hydrogens (tertiary/aromatic N) is 3. The zero-order valence-electron chi connectivity index (χ0n) is 12.6. The third-order valence-corrected chi connectivity index (χ3v) is 4.72. The molecule has 1 aliphatic heterocycles. The highest BCUT2D eigenvalue weighted by Gasteiger charge is 2.26. The van der Waals surface area contributed by atoms with Crippen LogP contribution in [0.3, 0.4) is 0 Å². The van der Waals surface area contributed by atoms with Crippen LogP contribution in [0.15, 0.2) is 24.4 Å². The summed E-state index contributed by atoms with van der Waals surface area (Å²) in [5, 5.41) is 24.4. The summed E-state index contributed by atoms with van der Waals surface area (Å²) in [5.74, 6) is 0. The molecular weight excluding hydrogens is 427 g/mol. The van der Waals surface area contributed by atoms with Crippen molar-refractivity contribution in [2.24, 2.45) is 0 Å². The fraction of sp³-hybridized carbons (Fsp3) is 0.333. The first-order valence-corrected chi connectivity index (χ1v) is 8.50. The zero-order chi connectivity index (χ0) is 17.3. The smallest absolute Gasteiger partial charge is 0.407 e. The number of halogens is 1. The molecule has 1 saturated heterocycles. The molecule has 0 bridgehead atoms. The molecule has 1 atom stereocenters. The number of carboxylic acid groups (broad SMARTS) is 1. The summed E-state index contributed by atoms with van der Waals surface area (Å²) < 4.78 is 0.946. The third kappa shape index (κ3) is 3.35. The van der Waals surface area contributed by atoms with E-state index in [0.29, 0.717) is 29.7 Å². The molecule has 3 rings (SSSR count). The Balaban J connectivity index is 2.00. The molecule has 1 amide bonds. The summed E-state index contributed by atoms with van der Waals surface area (Å²) in [6.45, 7) is 0.796. The van der Waals surface area contributed by atoms with E-state index in [1.54, 1.807) is 0 Å². The molecule has 1 aromatic heterocycles. The van der Waals surface area contributed by atoms with E-state index in [2.05, 4.69) is 32.9 Å². The molecule has 0 spiro atoms. The highest BCUT2D eigenvalue weighted by atomic mass is 127. The molecule has 0 aliphatic carbocycles. The Labute approximate surface area is 151 Å². The molecule has 2 aromatic rings. The summed E-state index contributed by atoms with van der Waals surface area (Å²) in [7, 11) is 0. The van der Waals surface area contributed by atoms with Crippen LogP contribution in [0.5, 0.6) is 0 Å². The number of fused-ring (bicyclic) bond motifs is 1. The minimum Gasteiger partial charge on any atom is -0.465 e. The van der Waals surface area contributed by atoms with Crippen molar-refractivity contribution in [2.45, 2.75) is 18.9 Å². The average molecular weight is 442 g/mol. The van der Waals surface area contributed by atoms with Crippen molar-refractivity contribution >= 4 is 51.0 Å². The van der Waals surface area contributed by atoms with Gasteiger partial charge < -0.3 is 15.3 Å². The second-order valence-electron chi connectivity index (χ2n) is 5.65. The maximum Gasteiger partial charge on any atom is 0.407 e. The second kappa shape index (κ2) is 6.75. The molecule has 1 aliphatic rings. The highest BCUT2D eigenvalue weighted by molar-refractivity contribution is 14.1. The molecule has 0 radical (unpaired) electrons. The van der Waals surface area contributed by atoms with Crippen molar-refractivity contribution < 1.29 is 14.8 Å². The lowest BCUT2D eigenvalue weighted by atomic mass is 10.0. The van der Waals surface area contributed by atoms with Crippen LogP contribution in [-0.4, -0.2) is 45.1 Å². The lowest BCUT2D eigenvalue weighted by Gasteiger charge is -2.31. The fourth-order valence-electron chi connectivity index (χ4n) is 2.92. The number of pyridine rings is 1. The van der Waals surface area contributed by atoms with E-state index in [0.717, 1.165) is 16.4 Å². The summed E-state index contributed by atoms with van der Waals surface area (Å²) >= 11 is 2.14. The standard InChI is InChI=1S/C15H15IN4O4/c16-9-3-4-12-11(6-9)14(13(7-17-12)20(23)24)18-10-2-1-5-19(8-10)15(21)22/h3-4,6-7,10H,1-2,5,8H2,(H,17,18)(H,21,22)/t10-/m0/s1. The van der Waals surface area contributed by atoms with Crippen LogP contribution < -0.4 is 5.32 Å². The maximum absolute atomic E-state index is 11.4. The molecule has 24 heavy (non-hydrogen) atoms. The van der Waals surface area contributed by atoms with Crippen molar-refractivity contribution in [3.63, 3.8) is 0 Å². The molecular formula is C15H15IN4O4. The number of nitrogens with one attached hydrogen (secondary N) is 1. The average Bonchev–Trinajstić information content (AvgIpc) is 2.55. The third-order valence-electron chi connectivity index (χ3n) is 4.05. The molecule has 1 aromatic carbocycles. The van der Waals surface area contributed by atoms with Crippen LogP contribution in [0, 0.1) is 13.7 Å². The molecule has 8 nitrogen and oxygen atoms in total. The van der Waals surface area contributed by atoms with Gasteiger partial charge in [-0.3, -0.25) is 10.1 Å². The van der Waals surface area contributed by atoms with Crippen LogP contribution >= 0.6 is 22.6 Å². The molecule has 1 fully saturated rings. The van der Waals surface area contributed by atoms with Gasteiger partial charge >= 0.3 is 11.8 Å². The van der Waals surface area contributed by atoms with Gasteiger partial charge in [0.25, 0.3) is 0 Å². The summed E-state index contributed by atoms with van der Waals surface area (Å²) in [5.41, 5.74) is 0.965. The predicted octanol–water partition coefficient (Wildman–Crippen LogP) is 3.30. The van der Waals surface area contributed by atoms with Gasteiger partial charge in [0.1, 0.15) is 11.9 Å². The first kappa shape index (κ1) is 16.7. The minimum absolute atomic E-state index is 0.100. The first-order chi connectivity index (χ1) is 11.5. The topological polar surface area (TPSA) is 109 Å². The van der Waals surface area contributed by atoms with Crippen LogP contribution in [0.25, 0.3) is 10.9 Å². The van der Waals surface area contributed by atoms with Crippen molar-refractivity contribution in [1.82, 2.24) is 9.88 Å². The van der Waals surface area contributed by atoms with Gasteiger partial charge in [0.05, 0.1) is 10.4 Å². The fourth-order valence-corrected chi connectivity index (χ4v) is 3.41. The van der Waals surface area contributed by atoms with Gasteiger partial charge in [-0.05, 0) is 53.6 Å². The van der Waals surface area contributed by atoms with E-state index in [1.807, 2.05) is 18.2 Å². The minimum atomic E-state index is -0.967. The van der Waals surface area contributed by atoms with Crippen molar-refractivity contribution in [3.05, 3.63) is 38.1 Å². The number of benzene rings is 1. The molecule has 0 unspecified atom stereocenters. The number of hydrogen-bond acceptors (Lipinski definition) is 5. The number of anilines is 1. The number of amides is 1. The monoisotopic (exact) mass is 442 g/mol. The predicted molar refractivity (Wildman–Crippen MR) is 97.4 cm³/mol. The molecule has 9 heteroatoms. The van der Waals surface area contributed by atoms with Crippen LogP contribution in [-0.2, 0) is 0 Å². The molecule has 2 N–H and O–H groups in total. The van der Waals surface area contributed by atoms with E-state index in [1.165, 1.54) is 11.1 Å². The zero-order valence-corrected chi connectivity index (χ0v) is 14.8. The normalized spacial score (nSPS) is 17.7. The summed E-state index contributed by atoms with van der Waals surface area (Å²) in [6, 6.07) is 5.38. The van der Waals surface area contributed by atoms with Crippen molar-refractivity contribution in [2.75, 3.05) is 18.4 Å². The number of nitro groups is 1. The Morgan fingerprint density at radius 1 is 1.50 bits per heavy atom. The van der Waals surface area contributed by atoms with Gasteiger partial charge in [-0.2, -0.15) is 0 Å². The van der Waals surface area contributed by atoms with Crippen LogP contribution in [0.2, 0.25) is 0 Å². The lowest BCUT2D eigenvalue weighted by molar-refractivity contribution is -0.384. The van der Waals surface area contributed by atoms with Crippen LogP contribution in [0.1, 0.15) is 12.8 Å². The summed E-state index contributed by atoms with van der Waals surface area (Å²) in [6.07, 6.45) is 1.76. The Hall–Kier alpha value is -2.17. The highest BCUT2D eigenvalue weighted by Crippen LogP contribution is 2.33. The number of likely N-dealkylation sites (tertiary alicyclic amines) is 1. The van der Waals surface area contributed by atoms with Gasteiger partial charge in [0.15, 0.2) is 0 Å². The Morgan fingerprint density at radius 2 is 2.29 bits per heavy atom. The van der Waals surface area contributed by atoms with Gasteiger partial charge in [-0.1, -0.05) is 0 Å². The molecule has 2 heterocycles. The van der Waals surface area contributed by atoms with Crippen LogP contribution in [0.4, 0.5) is 16.2 Å². The number of aromatic nitrogens is 1.